The molecule has 2 fully saturated rings. The summed E-state index contributed by atoms with van der Waals surface area (Å²) < 4.78 is 0. The van der Waals surface area contributed by atoms with E-state index in [9.17, 15) is 14.7 Å². The molecule has 2 unspecified atom stereocenters. The van der Waals surface area contributed by atoms with Crippen molar-refractivity contribution in [3.8, 4) is 0 Å². The monoisotopic (exact) mass is 369 g/mol. The summed E-state index contributed by atoms with van der Waals surface area (Å²) in [6.07, 6.45) is 5.57. The molecular formula is C21H27N3O3. The Hall–Kier alpha value is -2.34. The lowest BCUT2D eigenvalue weighted by atomic mass is 9.93. The molecule has 4 rings (SSSR count). The Morgan fingerprint density at radius 2 is 1.96 bits per heavy atom. The number of aryl methyl sites for hydroxylation is 1. The molecule has 4 atom stereocenters. The number of amides is 3. The molecule has 3 aliphatic heterocycles. The smallest absolute Gasteiger partial charge is 0.315 e. The van der Waals surface area contributed by atoms with Gasteiger partial charge in [-0.15, -0.1) is 0 Å². The number of carbonyl (C=O) groups excluding carboxylic acids is 2. The molecule has 2 saturated heterocycles. The van der Waals surface area contributed by atoms with Crippen LogP contribution in [-0.2, 0) is 11.2 Å². The van der Waals surface area contributed by atoms with Crippen LogP contribution in [0.3, 0.4) is 0 Å². The molecule has 2 bridgehead atoms. The van der Waals surface area contributed by atoms with Crippen LogP contribution in [0, 0.1) is 0 Å². The van der Waals surface area contributed by atoms with E-state index in [1.807, 2.05) is 4.90 Å². The fourth-order valence-corrected chi connectivity index (χ4v) is 4.81. The number of hydrogen-bond donors (Lipinski definition) is 2. The van der Waals surface area contributed by atoms with Crippen LogP contribution < -0.4 is 5.73 Å². The Kier molecular flexibility index (Phi) is 4.68. The first-order valence-electron chi connectivity index (χ1n) is 9.84. The zero-order valence-corrected chi connectivity index (χ0v) is 15.7. The summed E-state index contributed by atoms with van der Waals surface area (Å²) in [6.45, 7) is 2.29. The number of benzene rings is 1. The standard InChI is InChI=1S/C21H27N3O3/c1-2-13-3-5-14(6-4-13)15-9-16-7-8-17(10-15)24(16)20(26)19-11-18(25)12-23(19)21(22)27/h3-6,9,16-19,25H,2,7-8,10-12H2,1H3,(H2,22,27)/t16?,17?,18-,19+/m1/s1. The van der Waals surface area contributed by atoms with Gasteiger partial charge in [-0.2, -0.15) is 0 Å². The highest BCUT2D eigenvalue weighted by Crippen LogP contribution is 2.40. The second-order valence-corrected chi connectivity index (χ2v) is 7.89. The molecule has 0 aromatic heterocycles. The average molecular weight is 369 g/mol. The maximum atomic E-state index is 13.2. The molecule has 3 amide bonds. The molecule has 1 aromatic carbocycles. The molecule has 0 radical (unpaired) electrons. The second kappa shape index (κ2) is 7.00. The molecule has 3 heterocycles. The van der Waals surface area contributed by atoms with Gasteiger partial charge in [0.1, 0.15) is 6.04 Å². The van der Waals surface area contributed by atoms with Crippen LogP contribution in [0.25, 0.3) is 5.57 Å². The summed E-state index contributed by atoms with van der Waals surface area (Å²) in [6, 6.07) is 7.61. The van der Waals surface area contributed by atoms with E-state index in [-0.39, 0.29) is 31.0 Å². The van der Waals surface area contributed by atoms with E-state index >= 15 is 0 Å². The summed E-state index contributed by atoms with van der Waals surface area (Å²) in [5.41, 5.74) is 9.26. The minimum Gasteiger partial charge on any atom is -0.391 e. The first-order chi connectivity index (χ1) is 13.0. The third-order valence-electron chi connectivity index (χ3n) is 6.23. The van der Waals surface area contributed by atoms with Crippen LogP contribution in [0.1, 0.15) is 43.7 Å². The number of rotatable bonds is 3. The van der Waals surface area contributed by atoms with Crippen LogP contribution in [-0.4, -0.2) is 57.6 Å². The minimum absolute atomic E-state index is 0.0598. The van der Waals surface area contributed by atoms with E-state index in [1.165, 1.54) is 21.6 Å². The van der Waals surface area contributed by atoms with Gasteiger partial charge >= 0.3 is 6.03 Å². The molecule has 6 heteroatoms. The Bertz CT molecular complexity index is 773. The summed E-state index contributed by atoms with van der Waals surface area (Å²) in [4.78, 5) is 28.1. The van der Waals surface area contributed by atoms with Gasteiger partial charge in [0.15, 0.2) is 0 Å². The van der Waals surface area contributed by atoms with E-state index in [2.05, 4.69) is 37.3 Å². The number of carbonyl (C=O) groups is 2. The number of hydrogen-bond acceptors (Lipinski definition) is 3. The average Bonchev–Trinajstić information content (AvgIpc) is 3.18. The fourth-order valence-electron chi connectivity index (χ4n) is 4.81. The van der Waals surface area contributed by atoms with Crippen molar-refractivity contribution in [1.82, 2.24) is 9.80 Å². The van der Waals surface area contributed by atoms with Gasteiger partial charge in [0.05, 0.1) is 12.1 Å². The summed E-state index contributed by atoms with van der Waals surface area (Å²) in [7, 11) is 0. The first-order valence-corrected chi connectivity index (χ1v) is 9.84. The van der Waals surface area contributed by atoms with Crippen LogP contribution in [0.5, 0.6) is 0 Å². The lowest BCUT2D eigenvalue weighted by Crippen LogP contribution is -2.53. The SMILES string of the molecule is CCc1ccc(C2=CC3CCC(C2)N3C(=O)[C@@H]2C[C@@H](O)CN2C(N)=O)cc1. The van der Waals surface area contributed by atoms with E-state index in [0.29, 0.717) is 0 Å². The van der Waals surface area contributed by atoms with Crippen molar-refractivity contribution in [2.45, 2.75) is 63.3 Å². The number of aliphatic hydroxyl groups excluding tert-OH is 1. The highest BCUT2D eigenvalue weighted by molar-refractivity contribution is 5.89. The number of fused-ring (bicyclic) bond motifs is 2. The largest absolute Gasteiger partial charge is 0.391 e. The Balaban J connectivity index is 1.55. The molecule has 3 N–H and O–H groups in total. The molecule has 0 spiro atoms. The van der Waals surface area contributed by atoms with Gasteiger partial charge in [-0.3, -0.25) is 4.79 Å². The molecule has 1 aromatic rings. The normalized spacial score (nSPS) is 29.8. The second-order valence-electron chi connectivity index (χ2n) is 7.89. The van der Waals surface area contributed by atoms with Crippen molar-refractivity contribution in [3.63, 3.8) is 0 Å². The van der Waals surface area contributed by atoms with E-state index in [0.717, 1.165) is 25.7 Å². The van der Waals surface area contributed by atoms with Crippen molar-refractivity contribution >= 4 is 17.5 Å². The highest BCUT2D eigenvalue weighted by Gasteiger charge is 2.46. The van der Waals surface area contributed by atoms with E-state index in [4.69, 9.17) is 5.73 Å². The molecule has 3 aliphatic rings. The number of aliphatic hydroxyl groups is 1. The first kappa shape index (κ1) is 18.0. The molecule has 0 saturated carbocycles. The third-order valence-corrected chi connectivity index (χ3v) is 6.23. The quantitative estimate of drug-likeness (QED) is 0.853. The number of likely N-dealkylation sites (tertiary alicyclic amines) is 1. The summed E-state index contributed by atoms with van der Waals surface area (Å²) in [5, 5.41) is 9.91. The van der Waals surface area contributed by atoms with Gasteiger partial charge in [0.25, 0.3) is 0 Å². The van der Waals surface area contributed by atoms with Crippen LogP contribution in [0.15, 0.2) is 30.3 Å². The molecule has 27 heavy (non-hydrogen) atoms. The maximum absolute atomic E-state index is 13.2. The summed E-state index contributed by atoms with van der Waals surface area (Å²) >= 11 is 0. The predicted molar refractivity (Wildman–Crippen MR) is 103 cm³/mol. The third kappa shape index (κ3) is 3.23. The number of urea groups is 1. The fraction of sp³-hybridized carbons (Fsp3) is 0.524. The maximum Gasteiger partial charge on any atom is 0.315 e. The topological polar surface area (TPSA) is 86.9 Å². The van der Waals surface area contributed by atoms with Gasteiger partial charge < -0.3 is 20.6 Å². The van der Waals surface area contributed by atoms with Crippen molar-refractivity contribution in [2.75, 3.05) is 6.54 Å². The van der Waals surface area contributed by atoms with Gasteiger partial charge in [0, 0.05) is 19.0 Å². The Morgan fingerprint density at radius 1 is 1.22 bits per heavy atom. The van der Waals surface area contributed by atoms with Crippen LogP contribution in [0.4, 0.5) is 4.79 Å². The summed E-state index contributed by atoms with van der Waals surface area (Å²) in [5.74, 6) is -0.0746. The number of β-amino-alcohol motifs (C(OH)–C–C–N with tert-alkyl or cyclic N) is 1. The lowest BCUT2D eigenvalue weighted by molar-refractivity contribution is -0.137. The number of nitrogens with zero attached hydrogens (tertiary/aromatic N) is 2. The number of primary amides is 1. The highest BCUT2D eigenvalue weighted by atomic mass is 16.3. The van der Waals surface area contributed by atoms with Gasteiger partial charge in [-0.1, -0.05) is 37.3 Å². The van der Waals surface area contributed by atoms with Crippen molar-refractivity contribution in [3.05, 3.63) is 41.5 Å². The molecule has 0 aliphatic carbocycles. The number of nitrogens with two attached hydrogens (primary N) is 1. The van der Waals surface area contributed by atoms with Crippen molar-refractivity contribution < 1.29 is 14.7 Å². The van der Waals surface area contributed by atoms with E-state index in [1.54, 1.807) is 0 Å². The van der Waals surface area contributed by atoms with Crippen molar-refractivity contribution in [2.24, 2.45) is 5.73 Å². The Morgan fingerprint density at radius 3 is 2.59 bits per heavy atom. The molecular weight excluding hydrogens is 342 g/mol. The van der Waals surface area contributed by atoms with Crippen LogP contribution in [0.2, 0.25) is 0 Å². The predicted octanol–water partition coefficient (Wildman–Crippen LogP) is 1.91. The lowest BCUT2D eigenvalue weighted by Gasteiger charge is -2.37. The van der Waals surface area contributed by atoms with Crippen LogP contribution >= 0.6 is 0 Å². The van der Waals surface area contributed by atoms with Gasteiger partial charge in [-0.05, 0) is 42.4 Å². The minimum atomic E-state index is -0.683. The Labute approximate surface area is 159 Å². The molecule has 144 valence electrons. The zero-order chi connectivity index (χ0) is 19.1. The van der Waals surface area contributed by atoms with E-state index < -0.39 is 18.2 Å². The zero-order valence-electron chi connectivity index (χ0n) is 15.7. The van der Waals surface area contributed by atoms with Gasteiger partial charge in [0.2, 0.25) is 5.91 Å². The van der Waals surface area contributed by atoms with Gasteiger partial charge in [-0.25, -0.2) is 4.79 Å². The molecule has 6 nitrogen and oxygen atoms in total. The van der Waals surface area contributed by atoms with Crippen molar-refractivity contribution in [1.29, 1.82) is 0 Å².